The summed E-state index contributed by atoms with van der Waals surface area (Å²) < 4.78 is 15.3. The molecule has 2 heterocycles. The van der Waals surface area contributed by atoms with Gasteiger partial charge in [0, 0.05) is 11.4 Å². The number of hydrogen-bond acceptors (Lipinski definition) is 3. The number of carbonyl (C=O) groups is 2. The molecule has 0 unspecified atom stereocenters. The van der Waals surface area contributed by atoms with E-state index >= 15 is 0 Å². The van der Waals surface area contributed by atoms with Crippen LogP contribution >= 0.6 is 11.8 Å². The zero-order chi connectivity index (χ0) is 22.3. The van der Waals surface area contributed by atoms with Crippen LogP contribution in [-0.2, 0) is 11.3 Å². The van der Waals surface area contributed by atoms with E-state index in [4.69, 9.17) is 0 Å². The number of para-hydroxylation sites is 1. The Hall–Kier alpha value is -3.12. The van der Waals surface area contributed by atoms with Crippen LogP contribution in [0.2, 0.25) is 0 Å². The van der Waals surface area contributed by atoms with Crippen molar-refractivity contribution >= 4 is 29.0 Å². The monoisotopic (exact) mass is 434 g/mol. The number of rotatable bonds is 4. The molecule has 4 nitrogen and oxygen atoms in total. The smallest absolute Gasteiger partial charge is 0.293 e. The van der Waals surface area contributed by atoms with E-state index < -0.39 is 0 Å². The van der Waals surface area contributed by atoms with E-state index in [1.807, 2.05) is 26.0 Å². The van der Waals surface area contributed by atoms with E-state index in [1.54, 1.807) is 18.2 Å². The van der Waals surface area contributed by atoms with E-state index in [1.165, 1.54) is 28.2 Å². The maximum absolute atomic E-state index is 13.1. The Balaban J connectivity index is 1.66. The number of imide groups is 1. The first-order valence-corrected chi connectivity index (χ1v) is 10.8. The highest BCUT2D eigenvalue weighted by Crippen LogP contribution is 2.35. The van der Waals surface area contributed by atoms with Gasteiger partial charge in [-0.15, -0.1) is 0 Å². The van der Waals surface area contributed by atoms with Gasteiger partial charge in [-0.3, -0.25) is 14.5 Å². The standard InChI is InChI=1S/C25H23FN2O2S/c1-15-6-5-7-16(2)23(15)28-17(3)12-20(18(28)4)13-22-24(29)27(25(30)31-22)14-19-8-10-21(26)11-9-19/h5-13H,14H2,1-4H3. The Morgan fingerprint density at radius 3 is 2.26 bits per heavy atom. The Labute approximate surface area is 185 Å². The van der Waals surface area contributed by atoms with Crippen LogP contribution in [0.1, 0.15) is 33.6 Å². The Morgan fingerprint density at radius 1 is 0.968 bits per heavy atom. The van der Waals surface area contributed by atoms with Crippen molar-refractivity contribution in [2.24, 2.45) is 0 Å². The summed E-state index contributed by atoms with van der Waals surface area (Å²) in [4.78, 5) is 27.0. The first-order chi connectivity index (χ1) is 14.8. The highest BCUT2D eigenvalue weighted by molar-refractivity contribution is 8.18. The third-order valence-corrected chi connectivity index (χ3v) is 6.45. The third kappa shape index (κ3) is 3.95. The first-order valence-electron chi connectivity index (χ1n) is 10.0. The summed E-state index contributed by atoms with van der Waals surface area (Å²) in [5.41, 5.74) is 7.18. The fourth-order valence-corrected chi connectivity index (χ4v) is 4.82. The molecule has 0 bridgehead atoms. The number of thioether (sulfide) groups is 1. The van der Waals surface area contributed by atoms with Crippen molar-refractivity contribution < 1.29 is 14.0 Å². The largest absolute Gasteiger partial charge is 0.317 e. The van der Waals surface area contributed by atoms with Crippen LogP contribution in [0, 0.1) is 33.5 Å². The van der Waals surface area contributed by atoms with Crippen molar-refractivity contribution in [3.63, 3.8) is 0 Å². The molecule has 0 aliphatic carbocycles. The number of hydrogen-bond donors (Lipinski definition) is 0. The molecule has 3 aromatic rings. The lowest BCUT2D eigenvalue weighted by atomic mass is 10.1. The second kappa shape index (κ2) is 8.19. The predicted molar refractivity (Wildman–Crippen MR) is 123 cm³/mol. The number of aryl methyl sites for hydroxylation is 3. The van der Waals surface area contributed by atoms with Gasteiger partial charge in [0.2, 0.25) is 0 Å². The Kier molecular flexibility index (Phi) is 5.58. The van der Waals surface area contributed by atoms with E-state index in [2.05, 4.69) is 30.5 Å². The van der Waals surface area contributed by atoms with Crippen molar-refractivity contribution in [3.05, 3.63) is 92.9 Å². The van der Waals surface area contributed by atoms with Crippen LogP contribution < -0.4 is 0 Å². The highest BCUT2D eigenvalue weighted by Gasteiger charge is 2.35. The van der Waals surface area contributed by atoms with Crippen LogP contribution in [0.15, 0.2) is 53.4 Å². The molecular formula is C25H23FN2O2S. The summed E-state index contributed by atoms with van der Waals surface area (Å²) in [6.45, 7) is 8.36. The summed E-state index contributed by atoms with van der Waals surface area (Å²) in [5.74, 6) is -0.673. The molecule has 0 saturated carbocycles. The van der Waals surface area contributed by atoms with Gasteiger partial charge in [-0.1, -0.05) is 30.3 Å². The van der Waals surface area contributed by atoms with E-state index in [0.29, 0.717) is 10.5 Å². The van der Waals surface area contributed by atoms with Crippen molar-refractivity contribution in [2.75, 3.05) is 0 Å². The van der Waals surface area contributed by atoms with Crippen LogP contribution in [0.3, 0.4) is 0 Å². The number of halogens is 1. The van der Waals surface area contributed by atoms with Gasteiger partial charge in [0.25, 0.3) is 11.1 Å². The molecule has 0 atom stereocenters. The molecule has 1 aliphatic rings. The minimum atomic E-state index is -0.350. The molecule has 0 radical (unpaired) electrons. The molecule has 158 valence electrons. The second-order valence-corrected chi connectivity index (χ2v) is 8.79. The quantitative estimate of drug-likeness (QED) is 0.467. The average Bonchev–Trinajstić information content (AvgIpc) is 3.14. The van der Waals surface area contributed by atoms with Crippen LogP contribution in [0.4, 0.5) is 9.18 Å². The lowest BCUT2D eigenvalue weighted by Gasteiger charge is -2.15. The maximum atomic E-state index is 13.1. The molecule has 1 saturated heterocycles. The van der Waals surface area contributed by atoms with Gasteiger partial charge in [0.1, 0.15) is 5.82 Å². The van der Waals surface area contributed by atoms with Gasteiger partial charge < -0.3 is 4.57 Å². The van der Waals surface area contributed by atoms with Gasteiger partial charge in [0.05, 0.1) is 17.1 Å². The van der Waals surface area contributed by atoms with Crippen LogP contribution in [0.5, 0.6) is 0 Å². The van der Waals surface area contributed by atoms with Gasteiger partial charge >= 0.3 is 0 Å². The van der Waals surface area contributed by atoms with Crippen molar-refractivity contribution in [1.29, 1.82) is 0 Å². The third-order valence-electron chi connectivity index (χ3n) is 5.55. The summed E-state index contributed by atoms with van der Waals surface area (Å²) in [5, 5.41) is -0.316. The highest BCUT2D eigenvalue weighted by atomic mass is 32.2. The van der Waals surface area contributed by atoms with E-state index in [-0.39, 0.29) is 23.5 Å². The van der Waals surface area contributed by atoms with Crippen LogP contribution in [-0.4, -0.2) is 20.6 Å². The average molecular weight is 435 g/mol. The first kappa shape index (κ1) is 21.1. The van der Waals surface area contributed by atoms with Gasteiger partial charge in [-0.25, -0.2) is 4.39 Å². The minimum Gasteiger partial charge on any atom is -0.317 e. The number of amides is 2. The summed E-state index contributed by atoms with van der Waals surface area (Å²) in [6, 6.07) is 14.1. The summed E-state index contributed by atoms with van der Waals surface area (Å²) >= 11 is 0.940. The lowest BCUT2D eigenvalue weighted by molar-refractivity contribution is -0.123. The Morgan fingerprint density at radius 2 is 1.61 bits per heavy atom. The molecule has 0 N–H and O–H groups in total. The summed E-state index contributed by atoms with van der Waals surface area (Å²) in [6.07, 6.45) is 1.79. The van der Waals surface area contributed by atoms with Crippen molar-refractivity contribution in [3.8, 4) is 5.69 Å². The molecule has 4 rings (SSSR count). The molecule has 1 aromatic heterocycles. The number of benzene rings is 2. The Bertz CT molecular complexity index is 1200. The van der Waals surface area contributed by atoms with Gasteiger partial charge in [-0.2, -0.15) is 0 Å². The van der Waals surface area contributed by atoms with E-state index in [0.717, 1.165) is 34.4 Å². The maximum Gasteiger partial charge on any atom is 0.293 e. The SMILES string of the molecule is Cc1cccc(C)c1-n1c(C)cc(C=C2SC(=O)N(Cc3ccc(F)cc3)C2=O)c1C. The topological polar surface area (TPSA) is 42.3 Å². The molecular weight excluding hydrogens is 411 g/mol. The zero-order valence-electron chi connectivity index (χ0n) is 17.9. The molecule has 1 aliphatic heterocycles. The number of nitrogens with zero attached hydrogens (tertiary/aromatic N) is 2. The molecule has 1 fully saturated rings. The molecule has 31 heavy (non-hydrogen) atoms. The van der Waals surface area contributed by atoms with Crippen molar-refractivity contribution in [2.45, 2.75) is 34.2 Å². The van der Waals surface area contributed by atoms with Gasteiger partial charge in [-0.05, 0) is 86.0 Å². The van der Waals surface area contributed by atoms with E-state index in [9.17, 15) is 14.0 Å². The lowest BCUT2D eigenvalue weighted by Crippen LogP contribution is -2.27. The fraction of sp³-hybridized carbons (Fsp3) is 0.200. The van der Waals surface area contributed by atoms with Crippen LogP contribution in [0.25, 0.3) is 11.8 Å². The zero-order valence-corrected chi connectivity index (χ0v) is 18.7. The molecule has 2 amide bonds. The number of aromatic nitrogens is 1. The fourth-order valence-electron chi connectivity index (χ4n) is 3.99. The van der Waals surface area contributed by atoms with Crippen molar-refractivity contribution in [1.82, 2.24) is 9.47 Å². The second-order valence-electron chi connectivity index (χ2n) is 7.80. The molecule has 0 spiro atoms. The minimum absolute atomic E-state index is 0.129. The summed E-state index contributed by atoms with van der Waals surface area (Å²) in [7, 11) is 0. The predicted octanol–water partition coefficient (Wildman–Crippen LogP) is 6.09. The van der Waals surface area contributed by atoms with Gasteiger partial charge in [0.15, 0.2) is 0 Å². The molecule has 2 aromatic carbocycles. The number of carbonyl (C=O) groups excluding carboxylic acids is 2. The molecule has 6 heteroatoms. The normalized spacial score (nSPS) is 15.4.